The van der Waals surface area contributed by atoms with Crippen molar-refractivity contribution in [3.05, 3.63) is 58.1 Å². The zero-order chi connectivity index (χ0) is 27.0. The zero-order valence-electron chi connectivity index (χ0n) is 21.1. The Bertz CT molecular complexity index is 1160. The van der Waals surface area contributed by atoms with Gasteiger partial charge in [-0.1, -0.05) is 49.2 Å². The van der Waals surface area contributed by atoms with Crippen LogP contribution in [0.15, 0.2) is 42.5 Å². The minimum atomic E-state index is -3.89. The molecule has 0 fully saturated rings. The third-order valence-electron chi connectivity index (χ3n) is 5.69. The van der Waals surface area contributed by atoms with E-state index in [0.29, 0.717) is 12.2 Å². The fraction of sp³-hybridized carbons (Fsp3) is 0.440. The van der Waals surface area contributed by atoms with Gasteiger partial charge in [-0.15, -0.1) is 0 Å². The zero-order valence-corrected chi connectivity index (χ0v) is 23.5. The molecule has 2 amide bonds. The van der Waals surface area contributed by atoms with E-state index in [0.717, 1.165) is 22.5 Å². The summed E-state index contributed by atoms with van der Waals surface area (Å²) >= 11 is 12.2. The lowest BCUT2D eigenvalue weighted by atomic mass is 10.1. The number of rotatable bonds is 12. The van der Waals surface area contributed by atoms with E-state index in [9.17, 15) is 18.0 Å². The molecule has 2 rings (SSSR count). The second-order valence-corrected chi connectivity index (χ2v) is 11.3. The molecular weight excluding hydrogens is 525 g/mol. The molecule has 0 radical (unpaired) electrons. The molecule has 0 spiro atoms. The summed E-state index contributed by atoms with van der Waals surface area (Å²) in [5.41, 5.74) is 0.885. The first-order valence-corrected chi connectivity index (χ1v) is 14.2. The molecule has 0 unspecified atom stereocenters. The predicted molar refractivity (Wildman–Crippen MR) is 144 cm³/mol. The lowest BCUT2D eigenvalue weighted by Gasteiger charge is -2.33. The number of nitrogens with zero attached hydrogens (tertiary/aromatic N) is 2. The molecule has 8 nitrogen and oxygen atoms in total. The molecule has 1 N–H and O–H groups in total. The molecule has 0 heterocycles. The van der Waals surface area contributed by atoms with Crippen molar-refractivity contribution >= 4 is 50.7 Å². The van der Waals surface area contributed by atoms with Crippen molar-refractivity contribution in [2.24, 2.45) is 0 Å². The summed E-state index contributed by atoms with van der Waals surface area (Å²) in [5.74, 6) is -0.256. The van der Waals surface area contributed by atoms with Crippen LogP contribution < -0.4 is 14.4 Å². The Kier molecular flexibility index (Phi) is 10.9. The normalized spacial score (nSPS) is 13.0. The third kappa shape index (κ3) is 8.28. The van der Waals surface area contributed by atoms with Gasteiger partial charge in [-0.05, 0) is 55.7 Å². The van der Waals surface area contributed by atoms with Gasteiger partial charge in [-0.3, -0.25) is 13.9 Å². The van der Waals surface area contributed by atoms with Gasteiger partial charge >= 0.3 is 0 Å². The molecule has 0 saturated heterocycles. The van der Waals surface area contributed by atoms with E-state index in [4.69, 9.17) is 27.9 Å². The highest BCUT2D eigenvalue weighted by Gasteiger charge is 2.32. The molecule has 0 aliphatic carbocycles. The maximum atomic E-state index is 13.7. The standard InChI is InChI=1S/C25H33Cl2N3O5S/c1-6-17(3)28-25(32)23(7-2)29(15-18-9-8-10-22(11-18)35-4)24(31)16-30(36(5,33)34)21-13-19(26)12-20(27)14-21/h8-14,17,23H,6-7,15-16H2,1-5H3,(H,28,32)/t17-,23+/m1/s1. The summed E-state index contributed by atoms with van der Waals surface area (Å²) in [4.78, 5) is 28.3. The third-order valence-corrected chi connectivity index (χ3v) is 7.27. The smallest absolute Gasteiger partial charge is 0.244 e. The van der Waals surface area contributed by atoms with Crippen molar-refractivity contribution in [3.8, 4) is 5.75 Å². The van der Waals surface area contributed by atoms with Crippen LogP contribution in [-0.4, -0.2) is 57.1 Å². The number of ether oxygens (including phenoxy) is 1. The number of carbonyl (C=O) groups is 2. The largest absolute Gasteiger partial charge is 0.497 e. The molecule has 11 heteroatoms. The number of sulfonamides is 1. The van der Waals surface area contributed by atoms with Gasteiger partial charge in [-0.25, -0.2) is 8.42 Å². The summed E-state index contributed by atoms with van der Waals surface area (Å²) in [7, 11) is -2.35. The van der Waals surface area contributed by atoms with Crippen molar-refractivity contribution in [2.45, 2.75) is 52.2 Å². The highest BCUT2D eigenvalue weighted by molar-refractivity contribution is 7.92. The molecule has 2 aromatic rings. The lowest BCUT2D eigenvalue weighted by molar-refractivity contribution is -0.140. The summed E-state index contributed by atoms with van der Waals surface area (Å²) in [5, 5.41) is 3.39. The molecule has 0 bridgehead atoms. The van der Waals surface area contributed by atoms with Crippen LogP contribution in [0.1, 0.15) is 39.2 Å². The highest BCUT2D eigenvalue weighted by atomic mass is 35.5. The minimum Gasteiger partial charge on any atom is -0.497 e. The van der Waals surface area contributed by atoms with Crippen LogP contribution in [0.5, 0.6) is 5.75 Å². The summed E-state index contributed by atoms with van der Waals surface area (Å²) in [6.07, 6.45) is 2.05. The average Bonchev–Trinajstić information content (AvgIpc) is 2.80. The van der Waals surface area contributed by atoms with E-state index >= 15 is 0 Å². The highest BCUT2D eigenvalue weighted by Crippen LogP contribution is 2.27. The second-order valence-electron chi connectivity index (χ2n) is 8.51. The van der Waals surface area contributed by atoms with Gasteiger partial charge in [0.2, 0.25) is 21.8 Å². The fourth-order valence-corrected chi connectivity index (χ4v) is 4.97. The van der Waals surface area contributed by atoms with Gasteiger partial charge in [0, 0.05) is 22.6 Å². The molecule has 0 aliphatic heterocycles. The Morgan fingerprint density at radius 2 is 1.69 bits per heavy atom. The number of anilines is 1. The molecular formula is C25H33Cl2N3O5S. The summed E-state index contributed by atoms with van der Waals surface area (Å²) in [6.45, 7) is 5.18. The summed E-state index contributed by atoms with van der Waals surface area (Å²) in [6, 6.07) is 10.5. The number of benzene rings is 2. The van der Waals surface area contributed by atoms with E-state index < -0.39 is 28.5 Å². The Labute approximate surface area is 223 Å². The van der Waals surface area contributed by atoms with Crippen LogP contribution >= 0.6 is 23.2 Å². The number of carbonyl (C=O) groups excluding carboxylic acids is 2. The van der Waals surface area contributed by atoms with Crippen molar-refractivity contribution < 1.29 is 22.7 Å². The van der Waals surface area contributed by atoms with Crippen LogP contribution in [0.25, 0.3) is 0 Å². The van der Waals surface area contributed by atoms with Crippen molar-refractivity contribution in [1.82, 2.24) is 10.2 Å². The van der Waals surface area contributed by atoms with E-state index in [1.807, 2.05) is 19.9 Å². The van der Waals surface area contributed by atoms with Crippen molar-refractivity contribution in [3.63, 3.8) is 0 Å². The number of methoxy groups -OCH3 is 1. The van der Waals surface area contributed by atoms with E-state index in [2.05, 4.69) is 5.32 Å². The van der Waals surface area contributed by atoms with E-state index in [-0.39, 0.29) is 34.2 Å². The van der Waals surface area contributed by atoms with Crippen LogP contribution in [0.4, 0.5) is 5.69 Å². The average molecular weight is 559 g/mol. The van der Waals surface area contributed by atoms with Crippen LogP contribution in [0, 0.1) is 0 Å². The quantitative estimate of drug-likeness (QED) is 0.414. The molecule has 198 valence electrons. The first-order chi connectivity index (χ1) is 16.9. The molecule has 0 aromatic heterocycles. The Balaban J connectivity index is 2.49. The first-order valence-electron chi connectivity index (χ1n) is 11.6. The maximum absolute atomic E-state index is 13.7. The lowest BCUT2D eigenvalue weighted by Crippen LogP contribution is -2.53. The fourth-order valence-electron chi connectivity index (χ4n) is 3.63. The van der Waals surface area contributed by atoms with Crippen LogP contribution in [0.2, 0.25) is 10.0 Å². The van der Waals surface area contributed by atoms with Gasteiger partial charge in [-0.2, -0.15) is 0 Å². The number of amides is 2. The van der Waals surface area contributed by atoms with E-state index in [1.165, 1.54) is 30.2 Å². The van der Waals surface area contributed by atoms with Crippen molar-refractivity contribution in [2.75, 3.05) is 24.2 Å². The molecule has 2 atom stereocenters. The Hall–Kier alpha value is -2.49. The van der Waals surface area contributed by atoms with Gasteiger partial charge < -0.3 is 15.0 Å². The van der Waals surface area contributed by atoms with Crippen LogP contribution in [0.3, 0.4) is 0 Å². The van der Waals surface area contributed by atoms with Gasteiger partial charge in [0.25, 0.3) is 0 Å². The van der Waals surface area contributed by atoms with E-state index in [1.54, 1.807) is 25.1 Å². The summed E-state index contributed by atoms with van der Waals surface area (Å²) < 4.78 is 31.6. The topological polar surface area (TPSA) is 96.0 Å². The Morgan fingerprint density at radius 3 is 2.22 bits per heavy atom. The first kappa shape index (κ1) is 29.7. The molecule has 2 aromatic carbocycles. The maximum Gasteiger partial charge on any atom is 0.244 e. The van der Waals surface area contributed by atoms with Crippen molar-refractivity contribution in [1.29, 1.82) is 0 Å². The Morgan fingerprint density at radius 1 is 1.06 bits per heavy atom. The predicted octanol–water partition coefficient (Wildman–Crippen LogP) is 4.49. The second kappa shape index (κ2) is 13.2. The molecule has 36 heavy (non-hydrogen) atoms. The monoisotopic (exact) mass is 557 g/mol. The molecule has 0 aliphatic rings. The van der Waals surface area contributed by atoms with Crippen LogP contribution in [-0.2, 0) is 26.2 Å². The SMILES string of the molecule is CC[C@@H](C)NC(=O)[C@H](CC)N(Cc1cccc(OC)c1)C(=O)CN(c1cc(Cl)cc(Cl)c1)S(C)(=O)=O. The number of halogens is 2. The van der Waals surface area contributed by atoms with Gasteiger partial charge in [0.05, 0.1) is 19.1 Å². The number of hydrogen-bond donors (Lipinski definition) is 1. The number of nitrogens with one attached hydrogen (secondary N) is 1. The molecule has 0 saturated carbocycles. The minimum absolute atomic E-state index is 0.0797. The van der Waals surface area contributed by atoms with Gasteiger partial charge in [0.15, 0.2) is 0 Å². The number of hydrogen-bond acceptors (Lipinski definition) is 5. The van der Waals surface area contributed by atoms with Gasteiger partial charge in [0.1, 0.15) is 18.3 Å².